The molecule has 1 amide bonds. The van der Waals surface area contributed by atoms with Crippen molar-refractivity contribution >= 4 is 34.6 Å². The van der Waals surface area contributed by atoms with Gasteiger partial charge in [0.25, 0.3) is 5.91 Å². The maximum Gasteiger partial charge on any atom is 0.291 e. The molecule has 0 saturated carbocycles. The van der Waals surface area contributed by atoms with Crippen LogP contribution in [0.5, 0.6) is 11.5 Å². The molecule has 2 heterocycles. The molecule has 140 valence electrons. The molecule has 1 aromatic carbocycles. The first-order valence-electron chi connectivity index (χ1n) is 8.48. The Hall–Kier alpha value is -3.07. The van der Waals surface area contributed by atoms with Crippen LogP contribution in [0.2, 0.25) is 0 Å². The van der Waals surface area contributed by atoms with Crippen molar-refractivity contribution in [1.29, 1.82) is 0 Å². The SMILES string of the molecule is Cc1c(C(=O)Nc2ccc3c(c2)OCO3)oc2c1/C(=N/NC(N)=S)CCC2. The second kappa shape index (κ2) is 6.92. The van der Waals surface area contributed by atoms with E-state index in [2.05, 4.69) is 15.8 Å². The number of nitrogens with zero attached hydrogens (tertiary/aromatic N) is 1. The molecule has 0 bridgehead atoms. The Morgan fingerprint density at radius 3 is 2.89 bits per heavy atom. The van der Waals surface area contributed by atoms with Gasteiger partial charge in [-0.3, -0.25) is 10.2 Å². The van der Waals surface area contributed by atoms with E-state index in [9.17, 15) is 4.79 Å². The van der Waals surface area contributed by atoms with Gasteiger partial charge in [0.1, 0.15) is 5.76 Å². The lowest BCUT2D eigenvalue weighted by molar-refractivity contribution is 0.0994. The zero-order valence-corrected chi connectivity index (χ0v) is 15.4. The molecule has 0 unspecified atom stereocenters. The number of nitrogens with two attached hydrogens (primary N) is 1. The van der Waals surface area contributed by atoms with Gasteiger partial charge in [0.2, 0.25) is 6.79 Å². The van der Waals surface area contributed by atoms with E-state index in [1.807, 2.05) is 6.92 Å². The second-order valence-electron chi connectivity index (χ2n) is 6.26. The predicted molar refractivity (Wildman–Crippen MR) is 103 cm³/mol. The fourth-order valence-electron chi connectivity index (χ4n) is 3.28. The van der Waals surface area contributed by atoms with Gasteiger partial charge in [-0.05, 0) is 44.1 Å². The largest absolute Gasteiger partial charge is 0.455 e. The molecule has 0 spiro atoms. The number of carbonyl (C=O) groups is 1. The molecule has 4 rings (SSSR count). The summed E-state index contributed by atoms with van der Waals surface area (Å²) >= 11 is 4.80. The lowest BCUT2D eigenvalue weighted by Gasteiger charge is -2.13. The quantitative estimate of drug-likeness (QED) is 0.549. The number of furan rings is 1. The molecule has 8 nitrogen and oxygen atoms in total. The van der Waals surface area contributed by atoms with Gasteiger partial charge in [-0.1, -0.05) is 0 Å². The molecule has 27 heavy (non-hydrogen) atoms. The molecule has 2 aliphatic rings. The van der Waals surface area contributed by atoms with Crippen molar-refractivity contribution in [3.05, 3.63) is 40.8 Å². The highest BCUT2D eigenvalue weighted by Crippen LogP contribution is 2.35. The van der Waals surface area contributed by atoms with Crippen molar-refractivity contribution in [2.75, 3.05) is 12.1 Å². The van der Waals surface area contributed by atoms with Gasteiger partial charge in [-0.2, -0.15) is 5.10 Å². The Balaban J connectivity index is 1.60. The van der Waals surface area contributed by atoms with Crippen molar-refractivity contribution in [2.24, 2.45) is 10.8 Å². The summed E-state index contributed by atoms with van der Waals surface area (Å²) in [6, 6.07) is 5.23. The van der Waals surface area contributed by atoms with E-state index in [4.69, 9.17) is 31.8 Å². The van der Waals surface area contributed by atoms with Crippen molar-refractivity contribution in [1.82, 2.24) is 5.43 Å². The Morgan fingerprint density at radius 2 is 2.07 bits per heavy atom. The Bertz CT molecular complexity index is 967. The van der Waals surface area contributed by atoms with E-state index in [0.29, 0.717) is 17.2 Å². The minimum Gasteiger partial charge on any atom is -0.455 e. The van der Waals surface area contributed by atoms with Crippen LogP contribution in [-0.4, -0.2) is 23.5 Å². The molecule has 4 N–H and O–H groups in total. The van der Waals surface area contributed by atoms with Crippen LogP contribution in [-0.2, 0) is 6.42 Å². The number of hydrogen-bond donors (Lipinski definition) is 3. The number of ether oxygens (including phenoxy) is 2. The number of benzene rings is 1. The third-order valence-corrected chi connectivity index (χ3v) is 4.55. The molecule has 2 aromatic rings. The minimum atomic E-state index is -0.331. The van der Waals surface area contributed by atoms with E-state index in [1.165, 1.54) is 0 Å². The molecule has 0 fully saturated rings. The van der Waals surface area contributed by atoms with E-state index in [1.54, 1.807) is 18.2 Å². The number of carbonyl (C=O) groups excluding carboxylic acids is 1. The highest BCUT2D eigenvalue weighted by molar-refractivity contribution is 7.80. The number of aryl methyl sites for hydroxylation is 1. The zero-order valence-electron chi connectivity index (χ0n) is 14.6. The third kappa shape index (κ3) is 3.33. The Labute approximate surface area is 160 Å². The highest BCUT2D eigenvalue weighted by Gasteiger charge is 2.28. The normalized spacial score (nSPS) is 16.1. The summed E-state index contributed by atoms with van der Waals surface area (Å²) in [7, 11) is 0. The molecular weight excluding hydrogens is 368 g/mol. The van der Waals surface area contributed by atoms with Crippen LogP contribution in [0.25, 0.3) is 0 Å². The molecule has 1 aliphatic heterocycles. The van der Waals surface area contributed by atoms with Gasteiger partial charge in [-0.25, -0.2) is 0 Å². The highest BCUT2D eigenvalue weighted by atomic mass is 32.1. The van der Waals surface area contributed by atoms with Gasteiger partial charge in [0.15, 0.2) is 22.4 Å². The summed E-state index contributed by atoms with van der Waals surface area (Å²) in [5.41, 5.74) is 11.0. The molecule has 0 radical (unpaired) electrons. The van der Waals surface area contributed by atoms with E-state index < -0.39 is 0 Å². The standard InChI is InChI=1S/C18H18N4O4S/c1-9-15-11(21-22-18(19)27)3-2-4-13(15)26-16(9)17(23)20-10-5-6-12-14(7-10)25-8-24-12/h5-7H,2-4,8H2,1H3,(H,20,23)(H3,19,22,27)/b21-11+. The average molecular weight is 386 g/mol. The second-order valence-corrected chi connectivity index (χ2v) is 6.70. The number of fused-ring (bicyclic) bond motifs is 2. The molecule has 0 saturated heterocycles. The van der Waals surface area contributed by atoms with Crippen molar-refractivity contribution < 1.29 is 18.7 Å². The first-order chi connectivity index (χ1) is 13.0. The average Bonchev–Trinajstić information content (AvgIpc) is 3.24. The van der Waals surface area contributed by atoms with Crippen molar-refractivity contribution in [2.45, 2.75) is 26.2 Å². The smallest absolute Gasteiger partial charge is 0.291 e. The summed E-state index contributed by atoms with van der Waals surface area (Å²) in [4.78, 5) is 12.8. The number of hydrazone groups is 1. The van der Waals surface area contributed by atoms with Gasteiger partial charge >= 0.3 is 0 Å². The van der Waals surface area contributed by atoms with Gasteiger partial charge in [0.05, 0.1) is 5.71 Å². The molecular formula is C18H18N4O4S. The van der Waals surface area contributed by atoms with Gasteiger partial charge < -0.3 is 24.9 Å². The van der Waals surface area contributed by atoms with Crippen molar-refractivity contribution in [3.63, 3.8) is 0 Å². The van der Waals surface area contributed by atoms with Gasteiger partial charge in [0, 0.05) is 29.3 Å². The van der Waals surface area contributed by atoms with E-state index in [-0.39, 0.29) is 23.6 Å². The fraction of sp³-hybridized carbons (Fsp3) is 0.278. The fourth-order valence-corrected chi connectivity index (χ4v) is 3.33. The topological polar surface area (TPSA) is 111 Å². The maximum absolute atomic E-state index is 12.8. The number of rotatable bonds is 3. The molecule has 0 atom stereocenters. The monoisotopic (exact) mass is 386 g/mol. The Morgan fingerprint density at radius 1 is 1.26 bits per heavy atom. The van der Waals surface area contributed by atoms with Crippen LogP contribution < -0.4 is 25.9 Å². The lowest BCUT2D eigenvalue weighted by atomic mass is 9.93. The number of amides is 1. The first kappa shape index (κ1) is 17.3. The van der Waals surface area contributed by atoms with E-state index >= 15 is 0 Å². The first-order valence-corrected chi connectivity index (χ1v) is 8.89. The van der Waals surface area contributed by atoms with Crippen LogP contribution in [0.4, 0.5) is 5.69 Å². The van der Waals surface area contributed by atoms with Crippen molar-refractivity contribution in [3.8, 4) is 11.5 Å². The molecule has 1 aromatic heterocycles. The number of hydrogen-bond acceptors (Lipinski definition) is 6. The summed E-state index contributed by atoms with van der Waals surface area (Å²) in [6.07, 6.45) is 2.38. The number of anilines is 1. The van der Waals surface area contributed by atoms with Crippen LogP contribution in [0.15, 0.2) is 27.7 Å². The maximum atomic E-state index is 12.8. The molecule has 9 heteroatoms. The minimum absolute atomic E-state index is 0.0940. The predicted octanol–water partition coefficient (Wildman–Crippen LogP) is 2.44. The number of nitrogens with one attached hydrogen (secondary N) is 2. The lowest BCUT2D eigenvalue weighted by Crippen LogP contribution is -2.26. The van der Waals surface area contributed by atoms with Crippen LogP contribution in [0.1, 0.15) is 40.3 Å². The van der Waals surface area contributed by atoms with Gasteiger partial charge in [-0.15, -0.1) is 0 Å². The molecule has 1 aliphatic carbocycles. The van der Waals surface area contributed by atoms with E-state index in [0.717, 1.165) is 41.9 Å². The summed E-state index contributed by atoms with van der Waals surface area (Å²) in [5, 5.41) is 7.19. The third-order valence-electron chi connectivity index (χ3n) is 4.46. The van der Waals surface area contributed by atoms with Crippen LogP contribution >= 0.6 is 12.2 Å². The van der Waals surface area contributed by atoms with Crippen LogP contribution in [0.3, 0.4) is 0 Å². The Kier molecular flexibility index (Phi) is 4.44. The summed E-state index contributed by atoms with van der Waals surface area (Å²) in [6.45, 7) is 2.03. The summed E-state index contributed by atoms with van der Waals surface area (Å²) < 4.78 is 16.5. The zero-order chi connectivity index (χ0) is 19.0. The summed E-state index contributed by atoms with van der Waals surface area (Å²) in [5.74, 6) is 1.94. The number of thiocarbonyl (C=S) groups is 1. The van der Waals surface area contributed by atoms with Crippen LogP contribution in [0, 0.1) is 6.92 Å².